The summed E-state index contributed by atoms with van der Waals surface area (Å²) in [7, 11) is 0. The van der Waals surface area contributed by atoms with Gasteiger partial charge >= 0.3 is 0 Å². The maximum Gasteiger partial charge on any atom is 0.150 e. The lowest BCUT2D eigenvalue weighted by atomic mass is 10.2. The molecule has 0 fully saturated rings. The number of nitrogens with one attached hydrogen (secondary N) is 1. The van der Waals surface area contributed by atoms with Crippen LogP contribution in [0.2, 0.25) is 5.02 Å². The number of hydrogen-bond acceptors (Lipinski definition) is 3. The molecular weight excluding hydrogens is 351 g/mol. The Labute approximate surface area is 155 Å². The lowest BCUT2D eigenvalue weighted by molar-refractivity contribution is 0.632. The van der Waals surface area contributed by atoms with Crippen LogP contribution in [0.15, 0.2) is 54.9 Å². The summed E-state index contributed by atoms with van der Waals surface area (Å²) < 4.78 is 16.1. The third-order valence-electron chi connectivity index (χ3n) is 4.49. The second-order valence-electron chi connectivity index (χ2n) is 6.05. The molecule has 0 atom stereocenters. The van der Waals surface area contributed by atoms with E-state index in [-0.39, 0.29) is 5.82 Å². The Morgan fingerprint density at radius 3 is 2.62 bits per heavy atom. The van der Waals surface area contributed by atoms with E-state index in [1.807, 2.05) is 42.7 Å². The fraction of sp³-hybridized carbons (Fsp3) is 0.100. The zero-order chi connectivity index (χ0) is 18.3. The van der Waals surface area contributed by atoms with Crippen molar-refractivity contribution in [3.63, 3.8) is 0 Å². The van der Waals surface area contributed by atoms with Crippen LogP contribution in [0.5, 0.6) is 0 Å². The van der Waals surface area contributed by atoms with Gasteiger partial charge in [0, 0.05) is 16.4 Å². The number of aromatic nitrogens is 3. The van der Waals surface area contributed by atoms with Crippen molar-refractivity contribution in [3.05, 3.63) is 77.0 Å². The van der Waals surface area contributed by atoms with Crippen molar-refractivity contribution in [3.8, 4) is 5.69 Å². The molecule has 26 heavy (non-hydrogen) atoms. The average Bonchev–Trinajstić information content (AvgIpc) is 2.89. The van der Waals surface area contributed by atoms with Crippen molar-refractivity contribution in [2.45, 2.75) is 13.8 Å². The number of fused-ring (bicyclic) bond motifs is 1. The number of para-hydroxylation sites is 1. The van der Waals surface area contributed by atoms with Gasteiger partial charge in [-0.25, -0.2) is 14.4 Å². The fourth-order valence-electron chi connectivity index (χ4n) is 3.11. The topological polar surface area (TPSA) is 42.7 Å². The van der Waals surface area contributed by atoms with E-state index in [4.69, 9.17) is 11.6 Å². The maximum absolute atomic E-state index is 14.0. The molecule has 0 unspecified atom stereocenters. The monoisotopic (exact) mass is 366 g/mol. The predicted molar refractivity (Wildman–Crippen MR) is 103 cm³/mol. The Hall–Kier alpha value is -2.92. The van der Waals surface area contributed by atoms with E-state index in [0.717, 1.165) is 28.0 Å². The van der Waals surface area contributed by atoms with E-state index >= 15 is 0 Å². The highest BCUT2D eigenvalue weighted by molar-refractivity contribution is 6.30. The summed E-state index contributed by atoms with van der Waals surface area (Å²) in [6, 6.07) is 14.1. The fourth-order valence-corrected chi connectivity index (χ4v) is 3.30. The van der Waals surface area contributed by atoms with Crippen molar-refractivity contribution in [2.24, 2.45) is 0 Å². The number of benzene rings is 2. The first kappa shape index (κ1) is 16.5. The number of hydrogen-bond donors (Lipinski definition) is 1. The molecule has 6 heteroatoms. The molecule has 4 aromatic rings. The Balaban J connectivity index is 1.93. The van der Waals surface area contributed by atoms with Gasteiger partial charge in [0.2, 0.25) is 0 Å². The molecule has 0 saturated heterocycles. The largest absolute Gasteiger partial charge is 0.337 e. The molecule has 0 aliphatic rings. The van der Waals surface area contributed by atoms with E-state index in [1.54, 1.807) is 18.2 Å². The maximum atomic E-state index is 14.0. The van der Waals surface area contributed by atoms with Gasteiger partial charge in [-0.15, -0.1) is 0 Å². The minimum Gasteiger partial charge on any atom is -0.337 e. The van der Waals surface area contributed by atoms with Crippen molar-refractivity contribution in [1.82, 2.24) is 14.5 Å². The number of aryl methyl sites for hydroxylation is 1. The summed E-state index contributed by atoms with van der Waals surface area (Å²) in [5, 5.41) is 4.60. The number of anilines is 2. The molecule has 0 amide bonds. The van der Waals surface area contributed by atoms with Crippen LogP contribution in [0, 0.1) is 19.7 Å². The van der Waals surface area contributed by atoms with Gasteiger partial charge in [-0.1, -0.05) is 29.8 Å². The van der Waals surface area contributed by atoms with Gasteiger partial charge in [-0.3, -0.25) is 4.57 Å². The smallest absolute Gasteiger partial charge is 0.150 e. The minimum absolute atomic E-state index is 0.331. The molecule has 0 bridgehead atoms. The predicted octanol–water partition coefficient (Wildman–Crippen LogP) is 5.57. The van der Waals surface area contributed by atoms with Crippen molar-refractivity contribution >= 4 is 34.1 Å². The van der Waals surface area contributed by atoms with E-state index in [2.05, 4.69) is 15.3 Å². The third-order valence-corrected chi connectivity index (χ3v) is 4.72. The molecule has 1 N–H and O–H groups in total. The van der Waals surface area contributed by atoms with Crippen LogP contribution in [0.1, 0.15) is 11.3 Å². The number of nitrogens with zero attached hydrogens (tertiary/aromatic N) is 3. The zero-order valence-electron chi connectivity index (χ0n) is 14.3. The molecule has 2 heterocycles. The highest BCUT2D eigenvalue weighted by Gasteiger charge is 2.18. The Kier molecular flexibility index (Phi) is 4.09. The second kappa shape index (κ2) is 6.42. The molecule has 2 aromatic carbocycles. The number of rotatable bonds is 3. The summed E-state index contributed by atoms with van der Waals surface area (Å²) in [6.45, 7) is 4.03. The molecule has 0 aliphatic heterocycles. The normalized spacial score (nSPS) is 11.1. The Bertz CT molecular complexity index is 1120. The van der Waals surface area contributed by atoms with Crippen LogP contribution in [0.3, 0.4) is 0 Å². The molecule has 0 aliphatic carbocycles. The lowest BCUT2D eigenvalue weighted by Crippen LogP contribution is -2.00. The molecule has 4 rings (SSSR count). The van der Waals surface area contributed by atoms with Gasteiger partial charge in [0.15, 0.2) is 5.65 Å². The first-order valence-electron chi connectivity index (χ1n) is 8.16. The van der Waals surface area contributed by atoms with E-state index in [1.165, 1.54) is 12.4 Å². The summed E-state index contributed by atoms with van der Waals surface area (Å²) in [5.41, 5.74) is 4.10. The molecule has 0 spiro atoms. The van der Waals surface area contributed by atoms with Crippen LogP contribution in [-0.2, 0) is 0 Å². The van der Waals surface area contributed by atoms with Crippen molar-refractivity contribution < 1.29 is 4.39 Å². The Morgan fingerprint density at radius 2 is 1.85 bits per heavy atom. The summed E-state index contributed by atoms with van der Waals surface area (Å²) >= 11 is 6.16. The number of halogens is 2. The van der Waals surface area contributed by atoms with Crippen molar-refractivity contribution in [2.75, 3.05) is 5.32 Å². The van der Waals surface area contributed by atoms with Gasteiger partial charge in [0.05, 0.1) is 11.1 Å². The molecule has 2 aromatic heterocycles. The quantitative estimate of drug-likeness (QED) is 0.515. The summed E-state index contributed by atoms with van der Waals surface area (Å²) in [5.74, 6) is 0.240. The summed E-state index contributed by atoms with van der Waals surface area (Å²) in [4.78, 5) is 8.81. The van der Waals surface area contributed by atoms with Gasteiger partial charge in [-0.2, -0.15) is 0 Å². The van der Waals surface area contributed by atoms with Crippen LogP contribution >= 0.6 is 11.6 Å². The molecule has 0 saturated carbocycles. The molecule has 0 radical (unpaired) electrons. The second-order valence-corrected chi connectivity index (χ2v) is 6.49. The highest BCUT2D eigenvalue weighted by atomic mass is 35.5. The third kappa shape index (κ3) is 2.70. The van der Waals surface area contributed by atoms with E-state index < -0.39 is 0 Å². The van der Waals surface area contributed by atoms with E-state index in [0.29, 0.717) is 16.5 Å². The van der Waals surface area contributed by atoms with Gasteiger partial charge in [-0.05, 0) is 49.7 Å². The molecule has 130 valence electrons. The highest BCUT2D eigenvalue weighted by Crippen LogP contribution is 2.33. The lowest BCUT2D eigenvalue weighted by Gasteiger charge is -2.09. The molecular formula is C20H16ClFN4. The first-order valence-corrected chi connectivity index (χ1v) is 8.54. The van der Waals surface area contributed by atoms with Gasteiger partial charge in [0.1, 0.15) is 18.0 Å². The van der Waals surface area contributed by atoms with Gasteiger partial charge < -0.3 is 5.32 Å². The van der Waals surface area contributed by atoms with E-state index in [9.17, 15) is 4.39 Å². The van der Waals surface area contributed by atoms with Crippen LogP contribution in [0.4, 0.5) is 15.9 Å². The van der Waals surface area contributed by atoms with Crippen molar-refractivity contribution in [1.29, 1.82) is 0 Å². The zero-order valence-corrected chi connectivity index (χ0v) is 15.0. The van der Waals surface area contributed by atoms with Crippen LogP contribution in [0.25, 0.3) is 16.7 Å². The van der Waals surface area contributed by atoms with Gasteiger partial charge in [0.25, 0.3) is 0 Å². The average molecular weight is 367 g/mol. The minimum atomic E-state index is -0.331. The SMILES string of the molecule is Cc1c(C)n(-c2cccc(Cl)c2)c2ncnc(Nc3ccccc3F)c12. The van der Waals surface area contributed by atoms with Crippen LogP contribution < -0.4 is 5.32 Å². The molecule has 4 nitrogen and oxygen atoms in total. The van der Waals surface area contributed by atoms with Crippen LogP contribution in [-0.4, -0.2) is 14.5 Å². The first-order chi connectivity index (χ1) is 12.6. The standard InChI is InChI=1S/C20H16ClFN4/c1-12-13(2)26(15-7-5-6-14(21)10-15)20-18(12)19(23-11-24-20)25-17-9-4-3-8-16(17)22/h3-11H,1-2H3,(H,23,24,25). The summed E-state index contributed by atoms with van der Waals surface area (Å²) in [6.07, 6.45) is 1.48. The Morgan fingerprint density at radius 1 is 1.04 bits per heavy atom.